The van der Waals surface area contributed by atoms with Crippen LogP contribution in [0.2, 0.25) is 0 Å². The zero-order valence-electron chi connectivity index (χ0n) is 20.1. The number of rotatable bonds is 10. The van der Waals surface area contributed by atoms with Crippen LogP contribution in [0.1, 0.15) is 31.2 Å². The molecule has 0 saturated carbocycles. The Morgan fingerprint density at radius 3 is 2.20 bits per heavy atom. The van der Waals surface area contributed by atoms with Crippen molar-refractivity contribution in [2.75, 3.05) is 33.4 Å². The van der Waals surface area contributed by atoms with Gasteiger partial charge in [0.05, 0.1) is 19.8 Å². The van der Waals surface area contributed by atoms with E-state index in [9.17, 15) is 14.4 Å². The zero-order valence-corrected chi connectivity index (χ0v) is 20.1. The maximum Gasteiger partial charge on any atom is 0.261 e. The summed E-state index contributed by atoms with van der Waals surface area (Å²) in [6, 6.07) is 15.6. The van der Waals surface area contributed by atoms with Gasteiger partial charge in [-0.1, -0.05) is 30.3 Å². The number of carbonyl (C=O) groups is 3. The average molecular weight is 481 g/mol. The summed E-state index contributed by atoms with van der Waals surface area (Å²) >= 11 is 0. The number of hydrogen-bond acceptors (Lipinski definition) is 6. The van der Waals surface area contributed by atoms with Crippen molar-refractivity contribution < 1.29 is 28.6 Å². The van der Waals surface area contributed by atoms with Crippen molar-refractivity contribution in [1.82, 2.24) is 9.80 Å². The lowest BCUT2D eigenvalue weighted by molar-refractivity contribution is -0.147. The van der Waals surface area contributed by atoms with Crippen LogP contribution in [0.15, 0.2) is 54.6 Å². The van der Waals surface area contributed by atoms with E-state index in [1.807, 2.05) is 30.3 Å². The van der Waals surface area contributed by atoms with Gasteiger partial charge in [-0.25, -0.2) is 0 Å². The molecular formula is C27H32N2O6. The van der Waals surface area contributed by atoms with Crippen molar-refractivity contribution in [3.8, 4) is 11.5 Å². The Kier molecular flexibility index (Phi) is 8.36. The van der Waals surface area contributed by atoms with Crippen molar-refractivity contribution >= 4 is 17.6 Å². The molecule has 2 aliphatic heterocycles. The molecule has 2 aromatic rings. The van der Waals surface area contributed by atoms with Crippen LogP contribution in [0.4, 0.5) is 0 Å². The molecule has 0 aliphatic carbocycles. The topological polar surface area (TPSA) is 85.4 Å². The summed E-state index contributed by atoms with van der Waals surface area (Å²) in [5.41, 5.74) is 0.997. The van der Waals surface area contributed by atoms with Crippen LogP contribution in [0, 0.1) is 0 Å². The second-order valence-corrected chi connectivity index (χ2v) is 8.84. The summed E-state index contributed by atoms with van der Waals surface area (Å²) in [6.07, 6.45) is 2.73. The van der Waals surface area contributed by atoms with Crippen molar-refractivity contribution in [1.29, 1.82) is 0 Å². The summed E-state index contributed by atoms with van der Waals surface area (Å²) in [5.74, 6) is 0.783. The third-order valence-electron chi connectivity index (χ3n) is 6.54. The Hall–Kier alpha value is -3.39. The molecule has 2 aromatic carbocycles. The minimum absolute atomic E-state index is 0.0354. The number of Topliss-reactive ketones (excluding diaryl/α,β-unsaturated/α-hetero) is 1. The first-order valence-electron chi connectivity index (χ1n) is 12.1. The van der Waals surface area contributed by atoms with E-state index in [-0.39, 0.29) is 30.8 Å². The SMILES string of the molecule is COc1ccc(OCC(=O)N2CCCC2C(=O)N2CCCC2C(=O)COCc2ccccc2)cc1. The van der Waals surface area contributed by atoms with Crippen LogP contribution in [-0.2, 0) is 25.7 Å². The lowest BCUT2D eigenvalue weighted by Gasteiger charge is -2.31. The Balaban J connectivity index is 1.30. The number of ether oxygens (including phenoxy) is 3. The molecular weight excluding hydrogens is 448 g/mol. The monoisotopic (exact) mass is 480 g/mol. The Morgan fingerprint density at radius 1 is 0.829 bits per heavy atom. The van der Waals surface area contributed by atoms with Gasteiger partial charge in [0, 0.05) is 13.1 Å². The van der Waals surface area contributed by atoms with Crippen molar-refractivity contribution in [2.45, 2.75) is 44.4 Å². The molecule has 8 heteroatoms. The molecule has 0 aromatic heterocycles. The number of likely N-dealkylation sites (tertiary alicyclic amines) is 2. The molecule has 186 valence electrons. The van der Waals surface area contributed by atoms with Crippen LogP contribution in [-0.4, -0.2) is 72.9 Å². The highest BCUT2D eigenvalue weighted by Crippen LogP contribution is 2.26. The van der Waals surface area contributed by atoms with Gasteiger partial charge in [-0.15, -0.1) is 0 Å². The number of amides is 2. The highest BCUT2D eigenvalue weighted by atomic mass is 16.5. The van der Waals surface area contributed by atoms with Gasteiger partial charge in [0.1, 0.15) is 24.1 Å². The maximum atomic E-state index is 13.4. The summed E-state index contributed by atoms with van der Waals surface area (Å²) in [5, 5.41) is 0. The van der Waals surface area contributed by atoms with Gasteiger partial charge in [0.2, 0.25) is 5.91 Å². The summed E-state index contributed by atoms with van der Waals surface area (Å²) < 4.78 is 16.4. The smallest absolute Gasteiger partial charge is 0.261 e. The maximum absolute atomic E-state index is 13.4. The van der Waals surface area contributed by atoms with Crippen molar-refractivity contribution in [3.05, 3.63) is 60.2 Å². The van der Waals surface area contributed by atoms with Crippen LogP contribution in [0.25, 0.3) is 0 Å². The molecule has 2 atom stereocenters. The van der Waals surface area contributed by atoms with Gasteiger partial charge in [0.25, 0.3) is 5.91 Å². The molecule has 2 heterocycles. The van der Waals surface area contributed by atoms with E-state index in [0.717, 1.165) is 18.4 Å². The molecule has 0 N–H and O–H groups in total. The summed E-state index contributed by atoms with van der Waals surface area (Å²) in [4.78, 5) is 42.4. The molecule has 0 spiro atoms. The van der Waals surface area contributed by atoms with Gasteiger partial charge < -0.3 is 24.0 Å². The van der Waals surface area contributed by atoms with Gasteiger partial charge in [-0.2, -0.15) is 0 Å². The number of hydrogen-bond donors (Lipinski definition) is 0. The van der Waals surface area contributed by atoms with E-state index in [1.165, 1.54) is 0 Å². The molecule has 35 heavy (non-hydrogen) atoms. The molecule has 2 fully saturated rings. The van der Waals surface area contributed by atoms with Gasteiger partial charge in [-0.3, -0.25) is 14.4 Å². The lowest BCUT2D eigenvalue weighted by atomic mass is 10.1. The number of carbonyl (C=O) groups excluding carboxylic acids is 3. The lowest BCUT2D eigenvalue weighted by Crippen LogP contribution is -2.52. The Bertz CT molecular complexity index is 1010. The standard InChI is InChI=1S/C27H32N2O6/c1-33-21-11-13-22(14-12-21)35-19-26(31)28-15-6-10-24(28)27(32)29-16-5-9-23(29)25(30)18-34-17-20-7-3-2-4-8-20/h2-4,7-8,11-14,23-24H,5-6,9-10,15-19H2,1H3. The minimum atomic E-state index is -0.555. The van der Waals surface area contributed by atoms with E-state index < -0.39 is 12.1 Å². The van der Waals surface area contributed by atoms with E-state index >= 15 is 0 Å². The van der Waals surface area contributed by atoms with Crippen molar-refractivity contribution in [3.63, 3.8) is 0 Å². The number of benzene rings is 2. The summed E-state index contributed by atoms with van der Waals surface area (Å²) in [6.45, 7) is 1.20. The first-order chi connectivity index (χ1) is 17.1. The fourth-order valence-corrected chi connectivity index (χ4v) is 4.72. The van der Waals surface area contributed by atoms with Gasteiger partial charge in [-0.05, 0) is 55.5 Å². The minimum Gasteiger partial charge on any atom is -0.497 e. The first-order valence-corrected chi connectivity index (χ1v) is 12.1. The summed E-state index contributed by atoms with van der Waals surface area (Å²) in [7, 11) is 1.58. The molecule has 0 bridgehead atoms. The predicted molar refractivity (Wildman–Crippen MR) is 129 cm³/mol. The van der Waals surface area contributed by atoms with E-state index in [2.05, 4.69) is 0 Å². The molecule has 4 rings (SSSR count). The zero-order chi connectivity index (χ0) is 24.6. The quantitative estimate of drug-likeness (QED) is 0.520. The van der Waals surface area contributed by atoms with Crippen molar-refractivity contribution in [2.24, 2.45) is 0 Å². The Morgan fingerprint density at radius 2 is 1.49 bits per heavy atom. The molecule has 2 amide bonds. The van der Waals surface area contributed by atoms with E-state index in [1.54, 1.807) is 41.2 Å². The molecule has 0 radical (unpaired) electrons. The van der Waals surface area contributed by atoms with Gasteiger partial charge >= 0.3 is 0 Å². The number of ketones is 1. The highest BCUT2D eigenvalue weighted by molar-refractivity contribution is 5.94. The second-order valence-electron chi connectivity index (χ2n) is 8.84. The first kappa shape index (κ1) is 24.7. The average Bonchev–Trinajstić information content (AvgIpc) is 3.58. The molecule has 2 saturated heterocycles. The van der Waals surface area contributed by atoms with E-state index in [0.29, 0.717) is 44.0 Å². The largest absolute Gasteiger partial charge is 0.497 e. The van der Waals surface area contributed by atoms with Crippen LogP contribution in [0.3, 0.4) is 0 Å². The fraction of sp³-hybridized carbons (Fsp3) is 0.444. The molecule has 8 nitrogen and oxygen atoms in total. The highest BCUT2D eigenvalue weighted by Gasteiger charge is 2.41. The van der Waals surface area contributed by atoms with Crippen LogP contribution >= 0.6 is 0 Å². The van der Waals surface area contributed by atoms with E-state index in [4.69, 9.17) is 14.2 Å². The molecule has 2 aliphatic rings. The third kappa shape index (κ3) is 6.19. The second kappa shape index (κ2) is 11.8. The molecule has 2 unspecified atom stereocenters. The number of nitrogens with zero attached hydrogens (tertiary/aromatic N) is 2. The predicted octanol–water partition coefficient (Wildman–Crippen LogP) is 2.84. The van der Waals surface area contributed by atoms with Gasteiger partial charge in [0.15, 0.2) is 12.4 Å². The number of methoxy groups -OCH3 is 1. The Labute approximate surface area is 205 Å². The normalized spacial score (nSPS) is 19.6. The fourth-order valence-electron chi connectivity index (χ4n) is 4.72. The van der Waals surface area contributed by atoms with Crippen LogP contribution < -0.4 is 9.47 Å². The third-order valence-corrected chi connectivity index (χ3v) is 6.54. The van der Waals surface area contributed by atoms with Crippen LogP contribution in [0.5, 0.6) is 11.5 Å².